The molecule has 10 nitrogen and oxygen atoms in total. The second-order valence-corrected chi connectivity index (χ2v) is 9.82. The SMILES string of the molecule is COc1ccc(NC(=O)Cn2c(=O)n(CCCCC(=O)NC3CCCCC3)c(=O)c3ccccc32)c(OC)c1. The zero-order chi connectivity index (χ0) is 27.8. The Labute approximate surface area is 226 Å². The first-order chi connectivity index (χ1) is 18.9. The number of nitrogens with one attached hydrogen (secondary N) is 2. The number of methoxy groups -OCH3 is 2. The molecule has 1 aliphatic carbocycles. The predicted molar refractivity (Wildman–Crippen MR) is 150 cm³/mol. The van der Waals surface area contributed by atoms with E-state index in [1.54, 1.807) is 42.5 Å². The van der Waals surface area contributed by atoms with Crippen molar-refractivity contribution in [3.8, 4) is 11.5 Å². The van der Waals surface area contributed by atoms with Gasteiger partial charge in [-0.25, -0.2) is 4.79 Å². The number of fused-ring (bicyclic) bond motifs is 1. The zero-order valence-corrected chi connectivity index (χ0v) is 22.5. The van der Waals surface area contributed by atoms with Gasteiger partial charge in [0.1, 0.15) is 18.0 Å². The summed E-state index contributed by atoms with van der Waals surface area (Å²) in [4.78, 5) is 51.9. The average Bonchev–Trinajstić information content (AvgIpc) is 2.95. The molecule has 1 heterocycles. The maximum Gasteiger partial charge on any atom is 0.331 e. The zero-order valence-electron chi connectivity index (χ0n) is 22.5. The molecule has 10 heteroatoms. The lowest BCUT2D eigenvalue weighted by atomic mass is 9.95. The molecule has 208 valence electrons. The number of benzene rings is 2. The Bertz CT molecular complexity index is 1440. The number of nitrogens with zero attached hydrogens (tertiary/aromatic N) is 2. The summed E-state index contributed by atoms with van der Waals surface area (Å²) in [6, 6.07) is 12.0. The molecular weight excluding hydrogens is 500 g/mol. The van der Waals surface area contributed by atoms with E-state index in [-0.39, 0.29) is 25.0 Å². The highest BCUT2D eigenvalue weighted by atomic mass is 16.5. The van der Waals surface area contributed by atoms with Gasteiger partial charge in [0.2, 0.25) is 11.8 Å². The topological polar surface area (TPSA) is 121 Å². The second-order valence-electron chi connectivity index (χ2n) is 9.82. The van der Waals surface area contributed by atoms with Gasteiger partial charge in [-0.2, -0.15) is 0 Å². The minimum atomic E-state index is -0.567. The standard InChI is InChI=1S/C29H36N4O6/c1-38-21-15-16-23(25(18-21)39-2)31-27(35)19-33-24-13-7-6-12-22(24)28(36)32(29(33)37)17-9-8-14-26(34)30-20-10-4-3-5-11-20/h6-7,12-13,15-16,18,20H,3-5,8-11,14,17,19H2,1-2H3,(H,30,34)(H,31,35). The summed E-state index contributed by atoms with van der Waals surface area (Å²) in [6.07, 6.45) is 6.95. The molecule has 4 rings (SSSR count). The molecule has 0 atom stereocenters. The number of carbonyl (C=O) groups is 2. The molecule has 1 fully saturated rings. The van der Waals surface area contributed by atoms with Gasteiger partial charge < -0.3 is 20.1 Å². The van der Waals surface area contributed by atoms with E-state index in [0.717, 1.165) is 30.3 Å². The highest BCUT2D eigenvalue weighted by Gasteiger charge is 2.18. The minimum absolute atomic E-state index is 0.0100. The number of hydrogen-bond acceptors (Lipinski definition) is 6. The summed E-state index contributed by atoms with van der Waals surface area (Å²) in [5.41, 5.74) is -0.161. The highest BCUT2D eigenvalue weighted by Crippen LogP contribution is 2.29. The lowest BCUT2D eigenvalue weighted by molar-refractivity contribution is -0.122. The van der Waals surface area contributed by atoms with Crippen molar-refractivity contribution < 1.29 is 19.1 Å². The molecule has 1 saturated carbocycles. The number of para-hydroxylation sites is 1. The van der Waals surface area contributed by atoms with Crippen LogP contribution in [0.2, 0.25) is 0 Å². The number of amides is 2. The fraction of sp³-hybridized carbons (Fsp3) is 0.448. The molecule has 3 aromatic rings. The van der Waals surface area contributed by atoms with E-state index in [2.05, 4.69) is 10.6 Å². The van der Waals surface area contributed by atoms with Crippen molar-refractivity contribution >= 4 is 28.4 Å². The van der Waals surface area contributed by atoms with Gasteiger partial charge in [0.05, 0.1) is 30.8 Å². The monoisotopic (exact) mass is 536 g/mol. The van der Waals surface area contributed by atoms with Crippen molar-refractivity contribution in [1.82, 2.24) is 14.5 Å². The van der Waals surface area contributed by atoms with Gasteiger partial charge in [-0.1, -0.05) is 31.4 Å². The molecule has 0 spiro atoms. The van der Waals surface area contributed by atoms with Gasteiger partial charge in [-0.15, -0.1) is 0 Å². The van der Waals surface area contributed by atoms with Crippen LogP contribution in [0.15, 0.2) is 52.1 Å². The molecule has 2 amide bonds. The number of anilines is 1. The van der Waals surface area contributed by atoms with Gasteiger partial charge in [0.15, 0.2) is 0 Å². The number of hydrogen-bond donors (Lipinski definition) is 2. The van der Waals surface area contributed by atoms with Crippen LogP contribution < -0.4 is 31.4 Å². The van der Waals surface area contributed by atoms with Crippen molar-refractivity contribution in [1.29, 1.82) is 0 Å². The van der Waals surface area contributed by atoms with E-state index in [0.29, 0.717) is 47.4 Å². The smallest absolute Gasteiger partial charge is 0.331 e. The lowest BCUT2D eigenvalue weighted by Gasteiger charge is -2.22. The summed E-state index contributed by atoms with van der Waals surface area (Å²) >= 11 is 0. The third-order valence-electron chi connectivity index (χ3n) is 7.12. The fourth-order valence-electron chi connectivity index (χ4n) is 5.06. The largest absolute Gasteiger partial charge is 0.497 e. The van der Waals surface area contributed by atoms with Crippen LogP contribution in [-0.4, -0.2) is 41.2 Å². The van der Waals surface area contributed by atoms with Crippen LogP contribution in [0, 0.1) is 0 Å². The van der Waals surface area contributed by atoms with E-state index in [1.165, 1.54) is 25.2 Å². The van der Waals surface area contributed by atoms with Crippen molar-refractivity contribution in [2.24, 2.45) is 0 Å². The molecule has 2 aromatic carbocycles. The number of ether oxygens (including phenoxy) is 2. The van der Waals surface area contributed by atoms with Gasteiger partial charge in [-0.05, 0) is 49.9 Å². The summed E-state index contributed by atoms with van der Waals surface area (Å²) in [7, 11) is 3.02. The highest BCUT2D eigenvalue weighted by molar-refractivity contribution is 5.93. The second kappa shape index (κ2) is 13.1. The molecule has 1 aliphatic rings. The first-order valence-corrected chi connectivity index (χ1v) is 13.4. The van der Waals surface area contributed by atoms with Crippen LogP contribution in [0.4, 0.5) is 5.69 Å². The molecule has 0 bridgehead atoms. The Hall–Kier alpha value is -4.08. The molecule has 0 radical (unpaired) electrons. The third-order valence-corrected chi connectivity index (χ3v) is 7.12. The van der Waals surface area contributed by atoms with Gasteiger partial charge in [0, 0.05) is 25.1 Å². The number of carbonyl (C=O) groups excluding carboxylic acids is 2. The van der Waals surface area contributed by atoms with Crippen LogP contribution in [0.1, 0.15) is 51.4 Å². The predicted octanol–water partition coefficient (Wildman–Crippen LogP) is 3.44. The van der Waals surface area contributed by atoms with Crippen LogP contribution in [0.25, 0.3) is 10.9 Å². The maximum absolute atomic E-state index is 13.4. The Morgan fingerprint density at radius 3 is 2.44 bits per heavy atom. The summed E-state index contributed by atoms with van der Waals surface area (Å²) in [5.74, 6) is 0.550. The van der Waals surface area contributed by atoms with E-state index in [1.807, 2.05) is 0 Å². The maximum atomic E-state index is 13.4. The quantitative estimate of drug-likeness (QED) is 0.362. The van der Waals surface area contributed by atoms with Gasteiger partial charge >= 0.3 is 5.69 Å². The first kappa shape index (κ1) is 27.9. The number of rotatable bonds is 11. The fourth-order valence-corrected chi connectivity index (χ4v) is 5.06. The molecule has 0 saturated heterocycles. The first-order valence-electron chi connectivity index (χ1n) is 13.4. The molecular formula is C29H36N4O6. The Kier molecular flexibility index (Phi) is 9.40. The molecule has 2 N–H and O–H groups in total. The molecule has 0 aliphatic heterocycles. The number of unbranched alkanes of at least 4 members (excludes halogenated alkanes) is 1. The Balaban J connectivity index is 1.47. The molecule has 1 aromatic heterocycles. The van der Waals surface area contributed by atoms with Crippen molar-refractivity contribution in [3.05, 3.63) is 63.3 Å². The summed E-state index contributed by atoms with van der Waals surface area (Å²) < 4.78 is 13.0. The van der Waals surface area contributed by atoms with Crippen LogP contribution in [-0.2, 0) is 22.7 Å². The molecule has 0 unspecified atom stereocenters. The lowest BCUT2D eigenvalue weighted by Crippen LogP contribution is -2.42. The van der Waals surface area contributed by atoms with Crippen LogP contribution in [0.3, 0.4) is 0 Å². The molecule has 39 heavy (non-hydrogen) atoms. The Morgan fingerprint density at radius 2 is 1.69 bits per heavy atom. The van der Waals surface area contributed by atoms with Crippen molar-refractivity contribution in [2.45, 2.75) is 70.5 Å². The van der Waals surface area contributed by atoms with E-state index in [4.69, 9.17) is 9.47 Å². The van der Waals surface area contributed by atoms with Gasteiger partial charge in [-0.3, -0.25) is 23.5 Å². The van der Waals surface area contributed by atoms with E-state index < -0.39 is 17.2 Å². The van der Waals surface area contributed by atoms with Crippen LogP contribution >= 0.6 is 0 Å². The Morgan fingerprint density at radius 1 is 0.923 bits per heavy atom. The summed E-state index contributed by atoms with van der Waals surface area (Å²) in [6.45, 7) is -0.133. The third kappa shape index (κ3) is 6.87. The van der Waals surface area contributed by atoms with E-state index in [9.17, 15) is 19.2 Å². The number of aromatic nitrogens is 2. The van der Waals surface area contributed by atoms with E-state index >= 15 is 0 Å². The average molecular weight is 537 g/mol. The van der Waals surface area contributed by atoms with Crippen LogP contribution in [0.5, 0.6) is 11.5 Å². The van der Waals surface area contributed by atoms with Crippen molar-refractivity contribution in [3.63, 3.8) is 0 Å². The normalized spacial score (nSPS) is 13.7. The van der Waals surface area contributed by atoms with Crippen molar-refractivity contribution in [2.75, 3.05) is 19.5 Å². The summed E-state index contributed by atoms with van der Waals surface area (Å²) in [5, 5.41) is 6.22. The minimum Gasteiger partial charge on any atom is -0.497 e. The van der Waals surface area contributed by atoms with Gasteiger partial charge in [0.25, 0.3) is 5.56 Å².